The van der Waals surface area contributed by atoms with Crippen LogP contribution in [0.1, 0.15) is 17.5 Å². The number of benzene rings is 2. The van der Waals surface area contributed by atoms with E-state index in [1.54, 1.807) is 0 Å². The Hall–Kier alpha value is -2.29. The fraction of sp³-hybridized carbons (Fsp3) is 0.235. The van der Waals surface area contributed by atoms with Gasteiger partial charge in [-0.3, -0.25) is 4.79 Å². The fourth-order valence-corrected chi connectivity index (χ4v) is 2.74. The van der Waals surface area contributed by atoms with E-state index in [-0.39, 0.29) is 5.91 Å². The molecule has 1 amide bonds. The normalized spacial score (nSPS) is 14.2. The highest BCUT2D eigenvalue weighted by Crippen LogP contribution is 2.27. The van der Waals surface area contributed by atoms with Gasteiger partial charge >= 0.3 is 0 Å². The van der Waals surface area contributed by atoms with E-state index in [0.717, 1.165) is 29.8 Å². The van der Waals surface area contributed by atoms with E-state index in [1.807, 2.05) is 47.4 Å². The summed E-state index contributed by atoms with van der Waals surface area (Å²) in [5, 5.41) is 0. The zero-order valence-electron chi connectivity index (χ0n) is 11.4. The quantitative estimate of drug-likeness (QED) is 0.868. The van der Waals surface area contributed by atoms with Crippen molar-refractivity contribution in [3.63, 3.8) is 0 Å². The highest BCUT2D eigenvalue weighted by molar-refractivity contribution is 5.96. The Balaban J connectivity index is 1.80. The van der Waals surface area contributed by atoms with E-state index in [4.69, 9.17) is 5.73 Å². The molecule has 2 aromatic rings. The van der Waals surface area contributed by atoms with Gasteiger partial charge in [0.15, 0.2) is 0 Å². The third kappa shape index (κ3) is 2.39. The second-order valence-electron chi connectivity index (χ2n) is 5.12. The Bertz CT molecular complexity index is 636. The summed E-state index contributed by atoms with van der Waals surface area (Å²) in [5.74, 6) is 0.207. The van der Waals surface area contributed by atoms with Crippen LogP contribution in [0.3, 0.4) is 0 Å². The maximum Gasteiger partial charge on any atom is 0.227 e. The molecule has 0 bridgehead atoms. The molecule has 102 valence electrons. The summed E-state index contributed by atoms with van der Waals surface area (Å²) in [6.45, 7) is 0.685. The number of rotatable bonds is 3. The van der Waals surface area contributed by atoms with Crippen molar-refractivity contribution in [2.45, 2.75) is 19.3 Å². The number of nitrogen functional groups attached to an aromatic ring is 1. The minimum atomic E-state index is 0.207. The molecule has 3 rings (SSSR count). The van der Waals surface area contributed by atoms with Gasteiger partial charge in [-0.05, 0) is 36.1 Å². The lowest BCUT2D eigenvalue weighted by molar-refractivity contribution is -0.118. The minimum absolute atomic E-state index is 0.207. The average Bonchev–Trinajstić information content (AvgIpc) is 2.48. The SMILES string of the molecule is Nc1ccccc1CCN1C(=O)CCc2ccccc21. The van der Waals surface area contributed by atoms with Crippen LogP contribution in [0.4, 0.5) is 11.4 Å². The number of nitrogens with two attached hydrogens (primary N) is 1. The topological polar surface area (TPSA) is 46.3 Å². The van der Waals surface area contributed by atoms with Crippen LogP contribution in [0, 0.1) is 0 Å². The monoisotopic (exact) mass is 266 g/mol. The number of hydrogen-bond donors (Lipinski definition) is 1. The Kier molecular flexibility index (Phi) is 3.42. The Morgan fingerprint density at radius 2 is 1.75 bits per heavy atom. The van der Waals surface area contributed by atoms with Gasteiger partial charge in [-0.1, -0.05) is 36.4 Å². The lowest BCUT2D eigenvalue weighted by atomic mass is 10.0. The predicted octanol–water partition coefficient (Wildman–Crippen LogP) is 2.79. The third-order valence-electron chi connectivity index (χ3n) is 3.85. The van der Waals surface area contributed by atoms with Gasteiger partial charge in [0, 0.05) is 24.3 Å². The van der Waals surface area contributed by atoms with E-state index < -0.39 is 0 Å². The summed E-state index contributed by atoms with van der Waals surface area (Å²) in [7, 11) is 0. The Morgan fingerprint density at radius 3 is 2.60 bits per heavy atom. The van der Waals surface area contributed by atoms with Crippen LogP contribution in [-0.4, -0.2) is 12.5 Å². The molecule has 0 spiro atoms. The van der Waals surface area contributed by atoms with Crippen molar-refractivity contribution in [3.05, 3.63) is 59.7 Å². The van der Waals surface area contributed by atoms with Gasteiger partial charge in [0.2, 0.25) is 5.91 Å². The summed E-state index contributed by atoms with van der Waals surface area (Å²) in [5.41, 5.74) is 10.2. The number of hydrogen-bond acceptors (Lipinski definition) is 2. The minimum Gasteiger partial charge on any atom is -0.399 e. The number of carbonyl (C=O) groups excluding carboxylic acids is 1. The first-order valence-corrected chi connectivity index (χ1v) is 6.97. The number of para-hydroxylation sites is 2. The molecular weight excluding hydrogens is 248 g/mol. The second-order valence-corrected chi connectivity index (χ2v) is 5.12. The smallest absolute Gasteiger partial charge is 0.227 e. The van der Waals surface area contributed by atoms with E-state index in [0.29, 0.717) is 13.0 Å². The van der Waals surface area contributed by atoms with Crippen molar-refractivity contribution < 1.29 is 4.79 Å². The molecule has 0 saturated carbocycles. The number of anilines is 2. The molecule has 0 radical (unpaired) electrons. The Morgan fingerprint density at radius 1 is 1.00 bits per heavy atom. The van der Waals surface area contributed by atoms with Crippen LogP contribution in [-0.2, 0) is 17.6 Å². The average molecular weight is 266 g/mol. The largest absolute Gasteiger partial charge is 0.399 e. The molecule has 20 heavy (non-hydrogen) atoms. The van der Waals surface area contributed by atoms with Crippen molar-refractivity contribution in [3.8, 4) is 0 Å². The molecule has 3 nitrogen and oxygen atoms in total. The van der Waals surface area contributed by atoms with Gasteiger partial charge in [0.25, 0.3) is 0 Å². The lowest BCUT2D eigenvalue weighted by Gasteiger charge is -2.29. The summed E-state index contributed by atoms with van der Waals surface area (Å²) < 4.78 is 0. The van der Waals surface area contributed by atoms with Crippen molar-refractivity contribution in [1.29, 1.82) is 0 Å². The molecule has 1 aliphatic rings. The zero-order chi connectivity index (χ0) is 13.9. The second kappa shape index (κ2) is 5.37. The molecular formula is C17H18N2O. The van der Waals surface area contributed by atoms with Crippen LogP contribution >= 0.6 is 0 Å². The van der Waals surface area contributed by atoms with Crippen LogP contribution in [0.5, 0.6) is 0 Å². The number of aryl methyl sites for hydroxylation is 1. The standard InChI is InChI=1S/C17H18N2O/c18-15-7-3-1-5-13(15)11-12-19-16-8-4-2-6-14(16)9-10-17(19)20/h1-8H,9-12,18H2. The van der Waals surface area contributed by atoms with Gasteiger partial charge in [0.1, 0.15) is 0 Å². The van der Waals surface area contributed by atoms with Gasteiger partial charge in [0.05, 0.1) is 0 Å². The number of carbonyl (C=O) groups is 1. The van der Waals surface area contributed by atoms with Crippen molar-refractivity contribution in [1.82, 2.24) is 0 Å². The molecule has 1 aliphatic heterocycles. The van der Waals surface area contributed by atoms with E-state index in [2.05, 4.69) is 6.07 Å². The van der Waals surface area contributed by atoms with Gasteiger partial charge in [-0.2, -0.15) is 0 Å². The van der Waals surface area contributed by atoms with Gasteiger partial charge < -0.3 is 10.6 Å². The Labute approximate surface area is 119 Å². The molecule has 0 saturated heterocycles. The van der Waals surface area contributed by atoms with E-state index in [9.17, 15) is 4.79 Å². The number of amides is 1. The summed E-state index contributed by atoms with van der Waals surface area (Å²) in [6, 6.07) is 16.0. The first-order valence-electron chi connectivity index (χ1n) is 6.97. The molecule has 0 aromatic heterocycles. The fourth-order valence-electron chi connectivity index (χ4n) is 2.74. The van der Waals surface area contributed by atoms with Crippen LogP contribution in [0.25, 0.3) is 0 Å². The molecule has 1 heterocycles. The molecule has 3 heteroatoms. The highest BCUT2D eigenvalue weighted by Gasteiger charge is 2.23. The van der Waals surface area contributed by atoms with Crippen molar-refractivity contribution in [2.75, 3.05) is 17.2 Å². The molecule has 0 aliphatic carbocycles. The molecule has 0 fully saturated rings. The zero-order valence-corrected chi connectivity index (χ0v) is 11.4. The molecule has 0 unspecified atom stereocenters. The van der Waals surface area contributed by atoms with Gasteiger partial charge in [-0.25, -0.2) is 0 Å². The first-order chi connectivity index (χ1) is 9.75. The molecule has 0 atom stereocenters. The summed E-state index contributed by atoms with van der Waals surface area (Å²) >= 11 is 0. The predicted molar refractivity (Wildman–Crippen MR) is 81.7 cm³/mol. The number of nitrogens with zero attached hydrogens (tertiary/aromatic N) is 1. The summed E-state index contributed by atoms with van der Waals surface area (Å²) in [4.78, 5) is 14.1. The van der Waals surface area contributed by atoms with Crippen molar-refractivity contribution >= 4 is 17.3 Å². The molecule has 2 N–H and O–H groups in total. The maximum atomic E-state index is 12.2. The van der Waals surface area contributed by atoms with E-state index >= 15 is 0 Å². The summed E-state index contributed by atoms with van der Waals surface area (Å²) in [6.07, 6.45) is 2.23. The molecule has 2 aromatic carbocycles. The van der Waals surface area contributed by atoms with Gasteiger partial charge in [-0.15, -0.1) is 0 Å². The lowest BCUT2D eigenvalue weighted by Crippen LogP contribution is -2.36. The maximum absolute atomic E-state index is 12.2. The van der Waals surface area contributed by atoms with Crippen LogP contribution < -0.4 is 10.6 Å². The van der Waals surface area contributed by atoms with Crippen LogP contribution in [0.2, 0.25) is 0 Å². The number of fused-ring (bicyclic) bond motifs is 1. The highest BCUT2D eigenvalue weighted by atomic mass is 16.2. The third-order valence-corrected chi connectivity index (χ3v) is 3.85. The van der Waals surface area contributed by atoms with Crippen molar-refractivity contribution in [2.24, 2.45) is 0 Å². The van der Waals surface area contributed by atoms with E-state index in [1.165, 1.54) is 5.56 Å². The van der Waals surface area contributed by atoms with Crippen LogP contribution in [0.15, 0.2) is 48.5 Å². The first kappa shape index (κ1) is 12.7.